The molecule has 0 spiro atoms. The summed E-state index contributed by atoms with van der Waals surface area (Å²) in [6.45, 7) is 6.13. The summed E-state index contributed by atoms with van der Waals surface area (Å²) in [7, 11) is 2.00. The summed E-state index contributed by atoms with van der Waals surface area (Å²) < 4.78 is 1.96. The molecular weight excluding hydrogens is 344 g/mol. The maximum absolute atomic E-state index is 4.84. The van der Waals surface area contributed by atoms with Gasteiger partial charge in [0.1, 0.15) is 0 Å². The molecule has 0 bridgehead atoms. The molecule has 1 aliphatic rings. The van der Waals surface area contributed by atoms with Gasteiger partial charge in [0, 0.05) is 42.2 Å². The number of hydrogen-bond donors (Lipinski definition) is 1. The highest BCUT2D eigenvalue weighted by atomic mass is 32.1. The monoisotopic (exact) mass is 368 g/mol. The lowest BCUT2D eigenvalue weighted by atomic mass is 10.1. The lowest BCUT2D eigenvalue weighted by Gasteiger charge is -2.24. The molecule has 1 unspecified atom stereocenters. The van der Waals surface area contributed by atoms with Crippen LogP contribution < -0.4 is 5.32 Å². The Bertz CT molecular complexity index is 899. The topological polar surface area (TPSA) is 58.9 Å². The zero-order valence-electron chi connectivity index (χ0n) is 15.4. The highest BCUT2D eigenvalue weighted by Crippen LogP contribution is 2.34. The van der Waals surface area contributed by atoms with Crippen molar-refractivity contribution >= 4 is 22.2 Å². The maximum Gasteiger partial charge on any atom is 0.187 e. The SMILES string of the molecule is Cc1cc(Nc2ncc(C)s2)cc(C2CCCN2Cc2ccnn2C)n1. The van der Waals surface area contributed by atoms with Gasteiger partial charge in [-0.1, -0.05) is 0 Å². The van der Waals surface area contributed by atoms with Crippen LogP contribution in [-0.4, -0.2) is 31.2 Å². The van der Waals surface area contributed by atoms with Crippen LogP contribution in [-0.2, 0) is 13.6 Å². The van der Waals surface area contributed by atoms with Crippen molar-refractivity contribution in [2.45, 2.75) is 39.3 Å². The lowest BCUT2D eigenvalue weighted by Crippen LogP contribution is -2.25. The Balaban J connectivity index is 1.56. The predicted octanol–water partition coefficient (Wildman–Crippen LogP) is 3.97. The number of rotatable bonds is 5. The minimum Gasteiger partial charge on any atom is -0.331 e. The van der Waals surface area contributed by atoms with E-state index in [0.29, 0.717) is 6.04 Å². The molecule has 136 valence electrons. The normalized spacial score (nSPS) is 17.7. The first kappa shape index (κ1) is 17.2. The molecule has 0 saturated carbocycles. The van der Waals surface area contributed by atoms with E-state index >= 15 is 0 Å². The van der Waals surface area contributed by atoms with Gasteiger partial charge in [-0.15, -0.1) is 11.3 Å². The van der Waals surface area contributed by atoms with E-state index in [2.05, 4.69) is 52.3 Å². The molecule has 7 heteroatoms. The molecule has 0 amide bonds. The molecule has 1 N–H and O–H groups in total. The van der Waals surface area contributed by atoms with Crippen LogP contribution in [0.25, 0.3) is 0 Å². The van der Waals surface area contributed by atoms with E-state index in [4.69, 9.17) is 4.98 Å². The molecule has 0 aliphatic carbocycles. The van der Waals surface area contributed by atoms with Gasteiger partial charge < -0.3 is 5.32 Å². The molecule has 6 nitrogen and oxygen atoms in total. The summed E-state index contributed by atoms with van der Waals surface area (Å²) in [5.74, 6) is 0. The van der Waals surface area contributed by atoms with Crippen LogP contribution in [0.1, 0.15) is 40.8 Å². The zero-order chi connectivity index (χ0) is 18.1. The average molecular weight is 369 g/mol. The molecule has 4 heterocycles. The molecule has 1 atom stereocenters. The fourth-order valence-corrected chi connectivity index (χ4v) is 4.27. The van der Waals surface area contributed by atoms with Crippen molar-refractivity contribution in [2.75, 3.05) is 11.9 Å². The third-order valence-corrected chi connectivity index (χ3v) is 5.67. The molecule has 0 aromatic carbocycles. The van der Waals surface area contributed by atoms with Crippen molar-refractivity contribution < 1.29 is 0 Å². The van der Waals surface area contributed by atoms with Gasteiger partial charge in [-0.2, -0.15) is 5.10 Å². The Morgan fingerprint density at radius 2 is 2.19 bits per heavy atom. The predicted molar refractivity (Wildman–Crippen MR) is 105 cm³/mol. The smallest absolute Gasteiger partial charge is 0.187 e. The number of aromatic nitrogens is 4. The summed E-state index contributed by atoms with van der Waals surface area (Å²) in [4.78, 5) is 13.0. The standard InChI is InChI=1S/C19H24N6S/c1-13-9-15(23-19-20-11-14(2)26-19)10-17(22-13)18-5-4-8-25(18)12-16-6-7-21-24(16)3/h6-7,9-11,18H,4-5,8,12H2,1-3H3,(H,20,22,23). The summed E-state index contributed by atoms with van der Waals surface area (Å²) in [5.41, 5.74) is 4.47. The van der Waals surface area contributed by atoms with E-state index in [1.54, 1.807) is 11.3 Å². The molecule has 3 aromatic rings. The summed E-state index contributed by atoms with van der Waals surface area (Å²) in [6.07, 6.45) is 6.11. The minimum absolute atomic E-state index is 0.350. The van der Waals surface area contributed by atoms with Gasteiger partial charge >= 0.3 is 0 Å². The molecule has 0 radical (unpaired) electrons. The number of aryl methyl sites for hydroxylation is 3. The first-order valence-electron chi connectivity index (χ1n) is 8.97. The number of nitrogens with zero attached hydrogens (tertiary/aromatic N) is 5. The maximum atomic E-state index is 4.84. The van der Waals surface area contributed by atoms with Gasteiger partial charge in [0.2, 0.25) is 0 Å². The number of nitrogens with one attached hydrogen (secondary N) is 1. The highest BCUT2D eigenvalue weighted by Gasteiger charge is 2.28. The van der Waals surface area contributed by atoms with Crippen molar-refractivity contribution in [3.63, 3.8) is 0 Å². The second-order valence-corrected chi connectivity index (χ2v) is 8.13. The third-order valence-electron chi connectivity index (χ3n) is 4.84. The molecule has 1 fully saturated rings. The Hall–Kier alpha value is -2.25. The van der Waals surface area contributed by atoms with Crippen LogP contribution in [0.4, 0.5) is 10.8 Å². The lowest BCUT2D eigenvalue weighted by molar-refractivity contribution is 0.238. The molecule has 1 aliphatic heterocycles. The largest absolute Gasteiger partial charge is 0.331 e. The van der Waals surface area contributed by atoms with E-state index in [1.165, 1.54) is 17.0 Å². The van der Waals surface area contributed by atoms with Gasteiger partial charge in [-0.3, -0.25) is 14.6 Å². The minimum atomic E-state index is 0.350. The van der Waals surface area contributed by atoms with Crippen LogP contribution in [0.2, 0.25) is 0 Å². The van der Waals surface area contributed by atoms with Crippen molar-refractivity contribution in [1.82, 2.24) is 24.6 Å². The number of anilines is 2. The molecule has 3 aromatic heterocycles. The number of hydrogen-bond acceptors (Lipinski definition) is 6. The Morgan fingerprint density at radius 3 is 2.92 bits per heavy atom. The van der Waals surface area contributed by atoms with Crippen molar-refractivity contribution in [1.29, 1.82) is 0 Å². The van der Waals surface area contributed by atoms with Crippen LogP contribution in [0.3, 0.4) is 0 Å². The Kier molecular flexibility index (Phi) is 4.74. The van der Waals surface area contributed by atoms with Gasteiger partial charge in [0.15, 0.2) is 5.13 Å². The van der Waals surface area contributed by atoms with Gasteiger partial charge in [0.25, 0.3) is 0 Å². The van der Waals surface area contributed by atoms with E-state index in [9.17, 15) is 0 Å². The summed E-state index contributed by atoms with van der Waals surface area (Å²) in [6, 6.07) is 6.70. The van der Waals surface area contributed by atoms with Crippen LogP contribution >= 0.6 is 11.3 Å². The van der Waals surface area contributed by atoms with Gasteiger partial charge in [-0.25, -0.2) is 4.98 Å². The van der Waals surface area contributed by atoms with E-state index in [0.717, 1.165) is 41.7 Å². The Labute approximate surface area is 157 Å². The number of pyridine rings is 1. The fraction of sp³-hybridized carbons (Fsp3) is 0.421. The average Bonchev–Trinajstić information content (AvgIpc) is 3.31. The first-order valence-corrected chi connectivity index (χ1v) is 9.79. The molecule has 26 heavy (non-hydrogen) atoms. The number of likely N-dealkylation sites (tertiary alicyclic amines) is 1. The highest BCUT2D eigenvalue weighted by molar-refractivity contribution is 7.15. The van der Waals surface area contributed by atoms with Crippen LogP contribution in [0.15, 0.2) is 30.6 Å². The fourth-order valence-electron chi connectivity index (χ4n) is 3.59. The second-order valence-electron chi connectivity index (χ2n) is 6.90. The zero-order valence-corrected chi connectivity index (χ0v) is 16.3. The van der Waals surface area contributed by atoms with E-state index < -0.39 is 0 Å². The Morgan fingerprint density at radius 1 is 1.31 bits per heavy atom. The molecule has 1 saturated heterocycles. The summed E-state index contributed by atoms with van der Waals surface area (Å²) >= 11 is 1.67. The van der Waals surface area contributed by atoms with Crippen molar-refractivity contribution in [2.24, 2.45) is 7.05 Å². The van der Waals surface area contributed by atoms with Gasteiger partial charge in [-0.05, 0) is 51.4 Å². The van der Waals surface area contributed by atoms with E-state index in [1.807, 2.05) is 24.1 Å². The van der Waals surface area contributed by atoms with Crippen LogP contribution in [0, 0.1) is 13.8 Å². The van der Waals surface area contributed by atoms with Gasteiger partial charge in [0.05, 0.1) is 17.4 Å². The van der Waals surface area contributed by atoms with Crippen LogP contribution in [0.5, 0.6) is 0 Å². The van der Waals surface area contributed by atoms with Crippen molar-refractivity contribution in [3.8, 4) is 0 Å². The second kappa shape index (κ2) is 7.17. The van der Waals surface area contributed by atoms with Crippen molar-refractivity contribution in [3.05, 3.63) is 52.6 Å². The molecular formula is C19H24N6S. The number of thiazole rings is 1. The van der Waals surface area contributed by atoms with E-state index in [-0.39, 0.29) is 0 Å². The first-order chi connectivity index (χ1) is 12.6. The quantitative estimate of drug-likeness (QED) is 0.738. The summed E-state index contributed by atoms with van der Waals surface area (Å²) in [5, 5.41) is 8.65. The molecule has 4 rings (SSSR count). The third kappa shape index (κ3) is 3.64.